The zero-order chi connectivity index (χ0) is 18.7. The highest BCUT2D eigenvalue weighted by Crippen LogP contribution is 2.39. The fourth-order valence-electron chi connectivity index (χ4n) is 4.03. The summed E-state index contributed by atoms with van der Waals surface area (Å²) in [5.74, 6) is 0.230. The lowest BCUT2D eigenvalue weighted by Gasteiger charge is -2.43. The number of benzene rings is 1. The number of carbonyl (C=O) groups excluding carboxylic acids is 2. The first-order valence-electron chi connectivity index (χ1n) is 9.45. The molecule has 1 spiro atoms. The summed E-state index contributed by atoms with van der Waals surface area (Å²) in [7, 11) is 0. The number of rotatable bonds is 5. The highest BCUT2D eigenvalue weighted by atomic mass is 32.1. The van der Waals surface area contributed by atoms with Gasteiger partial charge in [0.2, 0.25) is 11.8 Å². The van der Waals surface area contributed by atoms with Gasteiger partial charge in [0.25, 0.3) is 0 Å². The largest absolute Gasteiger partial charge is 0.342 e. The first-order valence-corrected chi connectivity index (χ1v) is 10.4. The van der Waals surface area contributed by atoms with Crippen molar-refractivity contribution in [3.8, 4) is 0 Å². The Hall–Kier alpha value is -2.18. The number of piperidine rings is 1. The van der Waals surface area contributed by atoms with E-state index in [0.29, 0.717) is 32.5 Å². The van der Waals surface area contributed by atoms with Gasteiger partial charge in [0, 0.05) is 19.5 Å². The summed E-state index contributed by atoms with van der Waals surface area (Å²) < 4.78 is 0. The molecule has 142 valence electrons. The average Bonchev–Trinajstić information content (AvgIpc) is 3.30. The third-order valence-corrected chi connectivity index (χ3v) is 6.38. The lowest BCUT2D eigenvalue weighted by molar-refractivity contribution is -0.222. The van der Waals surface area contributed by atoms with E-state index in [0.717, 1.165) is 30.4 Å². The van der Waals surface area contributed by atoms with E-state index in [1.807, 2.05) is 52.1 Å². The number of hydrogen-bond donors (Lipinski definition) is 0. The molecular formula is C21H24N2O3S. The normalized spacial score (nSPS) is 19.0. The zero-order valence-electron chi connectivity index (χ0n) is 15.3. The topological polar surface area (TPSA) is 49.9 Å². The number of hydrogen-bond acceptors (Lipinski definition) is 4. The van der Waals surface area contributed by atoms with Crippen LogP contribution in [0.1, 0.15) is 36.8 Å². The van der Waals surface area contributed by atoms with E-state index in [2.05, 4.69) is 0 Å². The smallest absolute Gasteiger partial charge is 0.246 e. The van der Waals surface area contributed by atoms with E-state index >= 15 is 0 Å². The third-order valence-electron chi connectivity index (χ3n) is 5.65. The summed E-state index contributed by atoms with van der Waals surface area (Å²) in [5, 5.41) is 5.65. The van der Waals surface area contributed by atoms with Crippen molar-refractivity contribution < 1.29 is 14.4 Å². The van der Waals surface area contributed by atoms with Crippen LogP contribution in [0, 0.1) is 0 Å². The van der Waals surface area contributed by atoms with Crippen LogP contribution < -0.4 is 0 Å². The molecule has 2 aliphatic rings. The van der Waals surface area contributed by atoms with Gasteiger partial charge in [-0.1, -0.05) is 30.3 Å². The Morgan fingerprint density at radius 1 is 1.07 bits per heavy atom. The summed E-state index contributed by atoms with van der Waals surface area (Å²) >= 11 is 1.62. The molecule has 0 atom stereocenters. The van der Waals surface area contributed by atoms with Crippen LogP contribution in [0.2, 0.25) is 0 Å². The number of amides is 2. The quantitative estimate of drug-likeness (QED) is 0.794. The maximum absolute atomic E-state index is 12.5. The van der Waals surface area contributed by atoms with Gasteiger partial charge in [-0.15, -0.1) is 0 Å². The van der Waals surface area contributed by atoms with Crippen LogP contribution in [0.3, 0.4) is 0 Å². The SMILES string of the molecule is O=C(Cc1ccsc1)N1CCC2(CCC(=O)N2OCc2ccccc2)CC1. The molecule has 0 N–H and O–H groups in total. The number of carbonyl (C=O) groups is 2. The van der Waals surface area contributed by atoms with E-state index < -0.39 is 0 Å². The first kappa shape index (κ1) is 18.2. The Morgan fingerprint density at radius 3 is 2.56 bits per heavy atom. The molecule has 0 radical (unpaired) electrons. The summed E-state index contributed by atoms with van der Waals surface area (Å²) in [4.78, 5) is 32.9. The first-order chi connectivity index (χ1) is 13.2. The molecule has 3 heterocycles. The monoisotopic (exact) mass is 384 g/mol. The molecule has 0 saturated carbocycles. The Labute approximate surface area is 163 Å². The van der Waals surface area contributed by atoms with Gasteiger partial charge in [-0.05, 0) is 47.2 Å². The molecule has 27 heavy (non-hydrogen) atoms. The van der Waals surface area contributed by atoms with Crippen LogP contribution in [0.5, 0.6) is 0 Å². The Morgan fingerprint density at radius 2 is 1.85 bits per heavy atom. The maximum Gasteiger partial charge on any atom is 0.246 e. The molecule has 1 aromatic carbocycles. The molecule has 0 unspecified atom stereocenters. The summed E-state index contributed by atoms with van der Waals surface area (Å²) in [6.45, 7) is 1.76. The van der Waals surface area contributed by atoms with Gasteiger partial charge in [-0.2, -0.15) is 11.3 Å². The van der Waals surface area contributed by atoms with Crippen molar-refractivity contribution >= 4 is 23.2 Å². The van der Waals surface area contributed by atoms with Gasteiger partial charge in [0.1, 0.15) is 6.61 Å². The van der Waals surface area contributed by atoms with Gasteiger partial charge < -0.3 is 4.90 Å². The van der Waals surface area contributed by atoms with Crippen LogP contribution in [0.15, 0.2) is 47.2 Å². The molecule has 2 aliphatic heterocycles. The van der Waals surface area contributed by atoms with Gasteiger partial charge in [0.15, 0.2) is 0 Å². The number of nitrogens with zero attached hydrogens (tertiary/aromatic N) is 2. The highest BCUT2D eigenvalue weighted by Gasteiger charge is 2.48. The van der Waals surface area contributed by atoms with E-state index in [-0.39, 0.29) is 17.4 Å². The fraction of sp³-hybridized carbons (Fsp3) is 0.429. The second kappa shape index (κ2) is 7.82. The zero-order valence-corrected chi connectivity index (χ0v) is 16.1. The van der Waals surface area contributed by atoms with Crippen LogP contribution >= 0.6 is 11.3 Å². The molecule has 1 aromatic heterocycles. The van der Waals surface area contributed by atoms with Crippen molar-refractivity contribution in [2.24, 2.45) is 0 Å². The third kappa shape index (κ3) is 3.92. The molecule has 0 bridgehead atoms. The van der Waals surface area contributed by atoms with E-state index in [9.17, 15) is 9.59 Å². The second-order valence-electron chi connectivity index (χ2n) is 7.36. The standard InChI is InChI=1S/C21H24N2O3S/c24-19-6-8-21(23(19)26-15-17-4-2-1-3-5-17)9-11-22(12-10-21)20(25)14-18-7-13-27-16-18/h1-5,7,13,16H,6,8-12,14-15H2. The van der Waals surface area contributed by atoms with Crippen molar-refractivity contribution in [1.29, 1.82) is 0 Å². The number of likely N-dealkylation sites (tertiary alicyclic amines) is 1. The minimum absolute atomic E-state index is 0.0592. The number of hydroxylamine groups is 2. The minimum Gasteiger partial charge on any atom is -0.342 e. The van der Waals surface area contributed by atoms with Crippen molar-refractivity contribution in [3.63, 3.8) is 0 Å². The van der Waals surface area contributed by atoms with Gasteiger partial charge >= 0.3 is 0 Å². The van der Waals surface area contributed by atoms with Gasteiger partial charge in [-0.25, -0.2) is 5.06 Å². The molecule has 2 aromatic rings. The van der Waals surface area contributed by atoms with Crippen molar-refractivity contribution in [1.82, 2.24) is 9.96 Å². The summed E-state index contributed by atoms with van der Waals surface area (Å²) in [6, 6.07) is 11.9. The second-order valence-corrected chi connectivity index (χ2v) is 8.14. The Balaban J connectivity index is 1.36. The average molecular weight is 385 g/mol. The van der Waals surface area contributed by atoms with E-state index in [1.165, 1.54) is 0 Å². The summed E-state index contributed by atoms with van der Waals surface area (Å²) in [6.07, 6.45) is 3.36. The van der Waals surface area contributed by atoms with Crippen molar-refractivity contribution in [2.75, 3.05) is 13.1 Å². The van der Waals surface area contributed by atoms with Crippen molar-refractivity contribution in [2.45, 2.75) is 44.2 Å². The fourth-order valence-corrected chi connectivity index (χ4v) is 4.70. The Bertz CT molecular complexity index is 783. The summed E-state index contributed by atoms with van der Waals surface area (Å²) in [5.41, 5.74) is 1.87. The molecule has 0 aliphatic carbocycles. The van der Waals surface area contributed by atoms with E-state index in [1.54, 1.807) is 16.4 Å². The predicted molar refractivity (Wildman–Crippen MR) is 104 cm³/mol. The molecule has 2 saturated heterocycles. The lowest BCUT2D eigenvalue weighted by Crippen LogP contribution is -2.54. The van der Waals surface area contributed by atoms with Crippen LogP contribution in [-0.4, -0.2) is 40.4 Å². The van der Waals surface area contributed by atoms with Crippen LogP contribution in [0.4, 0.5) is 0 Å². The molecular weight excluding hydrogens is 360 g/mol. The Kier molecular flexibility index (Phi) is 5.27. The molecule has 2 amide bonds. The lowest BCUT2D eigenvalue weighted by atomic mass is 9.86. The van der Waals surface area contributed by atoms with Gasteiger partial charge in [-0.3, -0.25) is 14.4 Å². The predicted octanol–water partition coefficient (Wildman–Crippen LogP) is 3.41. The maximum atomic E-state index is 12.5. The van der Waals surface area contributed by atoms with E-state index in [4.69, 9.17) is 4.84 Å². The molecule has 6 heteroatoms. The van der Waals surface area contributed by atoms with Crippen molar-refractivity contribution in [3.05, 3.63) is 58.3 Å². The van der Waals surface area contributed by atoms with Crippen LogP contribution in [0.25, 0.3) is 0 Å². The highest BCUT2D eigenvalue weighted by molar-refractivity contribution is 7.08. The molecule has 2 fully saturated rings. The number of thiophene rings is 1. The van der Waals surface area contributed by atoms with Gasteiger partial charge in [0.05, 0.1) is 12.0 Å². The van der Waals surface area contributed by atoms with Crippen LogP contribution in [-0.2, 0) is 27.5 Å². The molecule has 5 nitrogen and oxygen atoms in total. The minimum atomic E-state index is -0.259. The molecule has 4 rings (SSSR count).